The Balaban J connectivity index is 1.38. The van der Waals surface area contributed by atoms with Crippen molar-refractivity contribution in [2.24, 2.45) is 0 Å². The molecular formula is C17H16BrFN6O2. The van der Waals surface area contributed by atoms with Crippen molar-refractivity contribution in [3.63, 3.8) is 0 Å². The van der Waals surface area contributed by atoms with Gasteiger partial charge in [0.05, 0.1) is 12.2 Å². The second-order valence-electron chi connectivity index (χ2n) is 6.16. The van der Waals surface area contributed by atoms with E-state index in [0.29, 0.717) is 54.7 Å². The van der Waals surface area contributed by atoms with Gasteiger partial charge < -0.3 is 9.32 Å². The third-order valence-electron chi connectivity index (χ3n) is 4.41. The van der Waals surface area contributed by atoms with Crippen LogP contribution in [0.3, 0.4) is 0 Å². The van der Waals surface area contributed by atoms with Gasteiger partial charge >= 0.3 is 0 Å². The Morgan fingerprint density at radius 3 is 2.52 bits per heavy atom. The van der Waals surface area contributed by atoms with Gasteiger partial charge in [-0.25, -0.2) is 4.39 Å². The van der Waals surface area contributed by atoms with Crippen molar-refractivity contribution in [2.75, 3.05) is 26.2 Å². The third kappa shape index (κ3) is 3.91. The maximum atomic E-state index is 13.1. The summed E-state index contributed by atoms with van der Waals surface area (Å²) in [5.41, 5.74) is 0.702. The molecule has 0 spiro atoms. The predicted molar refractivity (Wildman–Crippen MR) is 96.7 cm³/mol. The molecule has 10 heteroatoms. The third-order valence-corrected chi connectivity index (χ3v) is 4.84. The fourth-order valence-corrected chi connectivity index (χ4v) is 3.29. The van der Waals surface area contributed by atoms with E-state index in [4.69, 9.17) is 4.42 Å². The first-order valence-corrected chi connectivity index (χ1v) is 9.19. The van der Waals surface area contributed by atoms with Crippen LogP contribution in [0.1, 0.15) is 16.4 Å². The number of aromatic nitrogens is 4. The van der Waals surface area contributed by atoms with Crippen LogP contribution in [0.2, 0.25) is 0 Å². The van der Waals surface area contributed by atoms with Crippen LogP contribution in [0.4, 0.5) is 4.39 Å². The van der Waals surface area contributed by atoms with E-state index in [1.165, 1.54) is 12.1 Å². The molecule has 2 aromatic heterocycles. The molecule has 8 nitrogen and oxygen atoms in total. The molecule has 0 saturated carbocycles. The van der Waals surface area contributed by atoms with Gasteiger partial charge in [-0.15, -0.1) is 5.10 Å². The van der Waals surface area contributed by atoms with Gasteiger partial charge in [0.15, 0.2) is 16.3 Å². The minimum Gasteiger partial charge on any atom is -0.444 e. The summed E-state index contributed by atoms with van der Waals surface area (Å²) in [5.74, 6) is 0.571. The minimum atomic E-state index is -0.308. The second kappa shape index (κ2) is 7.57. The lowest BCUT2D eigenvalue weighted by Crippen LogP contribution is -2.48. The summed E-state index contributed by atoms with van der Waals surface area (Å²) in [6, 6.07) is 9.38. The summed E-state index contributed by atoms with van der Waals surface area (Å²) in [5, 5.41) is 11.8. The molecule has 1 aromatic carbocycles. The van der Waals surface area contributed by atoms with Crippen LogP contribution in [0.5, 0.6) is 0 Å². The van der Waals surface area contributed by atoms with Crippen LogP contribution in [-0.4, -0.2) is 62.1 Å². The minimum absolute atomic E-state index is 0.114. The summed E-state index contributed by atoms with van der Waals surface area (Å²) >= 11 is 3.21. The van der Waals surface area contributed by atoms with Gasteiger partial charge in [-0.05, 0) is 62.8 Å². The highest BCUT2D eigenvalue weighted by atomic mass is 79.9. The first-order chi connectivity index (χ1) is 13.1. The molecule has 3 heterocycles. The number of amides is 1. The van der Waals surface area contributed by atoms with E-state index in [1.54, 1.807) is 33.8 Å². The molecule has 0 atom stereocenters. The number of hydrogen-bond donors (Lipinski definition) is 0. The molecule has 0 aliphatic carbocycles. The molecule has 1 aliphatic heterocycles. The Labute approximate surface area is 162 Å². The Bertz CT molecular complexity index is 933. The van der Waals surface area contributed by atoms with Crippen LogP contribution in [0.25, 0.3) is 5.69 Å². The Kier molecular flexibility index (Phi) is 4.99. The number of hydrogen-bond acceptors (Lipinski definition) is 6. The highest BCUT2D eigenvalue weighted by Crippen LogP contribution is 2.17. The largest absolute Gasteiger partial charge is 0.444 e. The highest BCUT2D eigenvalue weighted by molar-refractivity contribution is 9.10. The highest BCUT2D eigenvalue weighted by Gasteiger charge is 2.25. The van der Waals surface area contributed by atoms with E-state index in [0.717, 1.165) is 0 Å². The van der Waals surface area contributed by atoms with Gasteiger partial charge in [-0.2, -0.15) is 4.68 Å². The molecule has 0 radical (unpaired) electrons. The van der Waals surface area contributed by atoms with Gasteiger partial charge in [0, 0.05) is 26.2 Å². The van der Waals surface area contributed by atoms with Crippen molar-refractivity contribution in [3.8, 4) is 5.69 Å². The van der Waals surface area contributed by atoms with Gasteiger partial charge in [-0.1, -0.05) is 0 Å². The lowest BCUT2D eigenvalue weighted by Gasteiger charge is -2.33. The molecule has 0 N–H and O–H groups in total. The summed E-state index contributed by atoms with van der Waals surface area (Å²) in [6.07, 6.45) is 0. The van der Waals surface area contributed by atoms with E-state index in [2.05, 4.69) is 36.4 Å². The zero-order chi connectivity index (χ0) is 18.8. The predicted octanol–water partition coefficient (Wildman–Crippen LogP) is 2.11. The monoisotopic (exact) mass is 434 g/mol. The number of piperazine rings is 1. The number of furan rings is 1. The fourth-order valence-electron chi connectivity index (χ4n) is 2.98. The van der Waals surface area contributed by atoms with Crippen LogP contribution in [0, 0.1) is 5.82 Å². The first kappa shape index (κ1) is 17.8. The first-order valence-electron chi connectivity index (χ1n) is 8.40. The van der Waals surface area contributed by atoms with Crippen molar-refractivity contribution in [2.45, 2.75) is 6.54 Å². The maximum absolute atomic E-state index is 13.1. The fraction of sp³-hybridized carbons (Fsp3) is 0.294. The summed E-state index contributed by atoms with van der Waals surface area (Å²) < 4.78 is 20.6. The van der Waals surface area contributed by atoms with Crippen LogP contribution in [-0.2, 0) is 6.54 Å². The van der Waals surface area contributed by atoms with Gasteiger partial charge in [0.1, 0.15) is 5.82 Å². The Hall–Kier alpha value is -2.59. The SMILES string of the molecule is O=C(c1ccc(Br)o1)N1CCN(Cc2nnnn2-c2ccc(F)cc2)CC1. The second-order valence-corrected chi connectivity index (χ2v) is 6.94. The van der Waals surface area contributed by atoms with Crippen LogP contribution in [0.15, 0.2) is 45.5 Å². The van der Waals surface area contributed by atoms with E-state index in [9.17, 15) is 9.18 Å². The van der Waals surface area contributed by atoms with Crippen LogP contribution >= 0.6 is 15.9 Å². The summed E-state index contributed by atoms with van der Waals surface area (Å²) in [6.45, 7) is 3.12. The van der Waals surface area contributed by atoms with Gasteiger partial charge in [-0.3, -0.25) is 9.69 Å². The number of carbonyl (C=O) groups is 1. The standard InChI is InChI=1S/C17H16BrFN6O2/c18-15-6-5-14(27-15)17(26)24-9-7-23(8-10-24)11-16-20-21-22-25(16)13-3-1-12(19)2-4-13/h1-6H,7-11H2. The molecule has 1 fully saturated rings. The van der Waals surface area contributed by atoms with Crippen molar-refractivity contribution in [3.05, 3.63) is 58.5 Å². The van der Waals surface area contributed by atoms with Crippen molar-refractivity contribution >= 4 is 21.8 Å². The average Bonchev–Trinajstić information content (AvgIpc) is 3.32. The molecular weight excluding hydrogens is 419 g/mol. The topological polar surface area (TPSA) is 80.3 Å². The number of rotatable bonds is 4. The lowest BCUT2D eigenvalue weighted by atomic mass is 10.2. The van der Waals surface area contributed by atoms with E-state index >= 15 is 0 Å². The lowest BCUT2D eigenvalue weighted by molar-refractivity contribution is 0.0592. The Morgan fingerprint density at radius 1 is 1.11 bits per heavy atom. The summed E-state index contributed by atoms with van der Waals surface area (Å²) in [7, 11) is 0. The molecule has 0 unspecified atom stereocenters. The molecule has 140 valence electrons. The number of halogens is 2. The van der Waals surface area contributed by atoms with Crippen molar-refractivity contribution < 1.29 is 13.6 Å². The van der Waals surface area contributed by atoms with E-state index < -0.39 is 0 Å². The maximum Gasteiger partial charge on any atom is 0.289 e. The molecule has 27 heavy (non-hydrogen) atoms. The molecule has 4 rings (SSSR count). The molecule has 0 bridgehead atoms. The van der Waals surface area contributed by atoms with Gasteiger partial charge in [0.2, 0.25) is 0 Å². The molecule has 3 aromatic rings. The normalized spacial score (nSPS) is 15.3. The van der Waals surface area contributed by atoms with E-state index in [-0.39, 0.29) is 11.7 Å². The molecule has 1 amide bonds. The number of carbonyl (C=O) groups excluding carboxylic acids is 1. The zero-order valence-corrected chi connectivity index (χ0v) is 15.8. The van der Waals surface area contributed by atoms with Gasteiger partial charge in [0.25, 0.3) is 5.91 Å². The van der Waals surface area contributed by atoms with E-state index in [1.807, 2.05) is 0 Å². The number of tetrazole rings is 1. The quantitative estimate of drug-likeness (QED) is 0.625. The smallest absolute Gasteiger partial charge is 0.289 e. The Morgan fingerprint density at radius 2 is 1.85 bits per heavy atom. The number of nitrogens with zero attached hydrogens (tertiary/aromatic N) is 6. The summed E-state index contributed by atoms with van der Waals surface area (Å²) in [4.78, 5) is 16.4. The van der Waals surface area contributed by atoms with Crippen molar-refractivity contribution in [1.29, 1.82) is 0 Å². The van der Waals surface area contributed by atoms with Crippen LogP contribution < -0.4 is 0 Å². The average molecular weight is 435 g/mol. The number of benzene rings is 1. The molecule has 1 saturated heterocycles. The zero-order valence-electron chi connectivity index (χ0n) is 14.3. The van der Waals surface area contributed by atoms with Crippen molar-refractivity contribution in [1.82, 2.24) is 30.0 Å². The molecule has 1 aliphatic rings.